The normalized spacial score (nSPS) is 11.3. The van der Waals surface area contributed by atoms with Crippen molar-refractivity contribution in [2.24, 2.45) is 0 Å². The van der Waals surface area contributed by atoms with E-state index in [4.69, 9.17) is 11.6 Å². The van der Waals surface area contributed by atoms with Crippen molar-refractivity contribution in [3.8, 4) is 11.5 Å². The molecule has 0 aliphatic rings. The SMILES string of the molecule is CCn1c(-c2cnon2)nc2c(Cl)ncc(Br)c21. The highest BCUT2D eigenvalue weighted by Gasteiger charge is 2.18. The van der Waals surface area contributed by atoms with Crippen molar-refractivity contribution in [2.45, 2.75) is 13.5 Å². The summed E-state index contributed by atoms with van der Waals surface area (Å²) in [7, 11) is 0. The molecule has 92 valence electrons. The number of nitrogens with zero attached hydrogens (tertiary/aromatic N) is 5. The molecule has 0 spiro atoms. The first-order valence-electron chi connectivity index (χ1n) is 5.20. The van der Waals surface area contributed by atoms with Crippen molar-refractivity contribution in [3.63, 3.8) is 0 Å². The number of aryl methyl sites for hydroxylation is 1. The standard InChI is InChI=1S/C10H7BrClN5O/c1-2-17-8-5(11)3-13-9(12)7(8)15-10(17)6-4-14-18-16-6/h3-4H,2H2,1H3. The van der Waals surface area contributed by atoms with Gasteiger partial charge in [0.15, 0.2) is 16.7 Å². The second-order valence-corrected chi connectivity index (χ2v) is 4.78. The Morgan fingerprint density at radius 1 is 1.44 bits per heavy atom. The molecule has 0 aliphatic heterocycles. The Bertz CT molecular complexity index is 709. The summed E-state index contributed by atoms with van der Waals surface area (Å²) in [4.78, 5) is 8.52. The van der Waals surface area contributed by atoms with Crippen LogP contribution in [-0.4, -0.2) is 24.8 Å². The molecule has 0 aromatic carbocycles. The summed E-state index contributed by atoms with van der Waals surface area (Å²) in [6, 6.07) is 0. The molecule has 0 amide bonds. The molecule has 0 atom stereocenters. The number of imidazole rings is 1. The number of aromatic nitrogens is 5. The van der Waals surface area contributed by atoms with Gasteiger partial charge in [-0.25, -0.2) is 14.6 Å². The minimum Gasteiger partial charge on any atom is -0.322 e. The van der Waals surface area contributed by atoms with Gasteiger partial charge in [0.1, 0.15) is 11.7 Å². The van der Waals surface area contributed by atoms with Gasteiger partial charge in [-0.05, 0) is 28.0 Å². The fourth-order valence-electron chi connectivity index (χ4n) is 1.84. The first kappa shape index (κ1) is 11.6. The lowest BCUT2D eigenvalue weighted by molar-refractivity contribution is 0.308. The maximum absolute atomic E-state index is 6.07. The number of fused-ring (bicyclic) bond motifs is 1. The van der Waals surface area contributed by atoms with Crippen LogP contribution in [0.4, 0.5) is 0 Å². The molecule has 0 saturated carbocycles. The lowest BCUT2D eigenvalue weighted by Gasteiger charge is -2.04. The van der Waals surface area contributed by atoms with Gasteiger partial charge in [0.05, 0.1) is 9.99 Å². The molecular weight excluding hydrogens is 322 g/mol. The molecule has 0 radical (unpaired) electrons. The van der Waals surface area contributed by atoms with Crippen LogP contribution in [-0.2, 0) is 6.54 Å². The summed E-state index contributed by atoms with van der Waals surface area (Å²) >= 11 is 9.52. The van der Waals surface area contributed by atoms with Crippen LogP contribution >= 0.6 is 27.5 Å². The van der Waals surface area contributed by atoms with Gasteiger partial charge in [-0.1, -0.05) is 16.8 Å². The number of hydrogen-bond donors (Lipinski definition) is 0. The first-order chi connectivity index (χ1) is 8.72. The number of halogens is 2. The van der Waals surface area contributed by atoms with Crippen molar-refractivity contribution >= 4 is 38.6 Å². The molecule has 18 heavy (non-hydrogen) atoms. The molecule has 0 bridgehead atoms. The van der Waals surface area contributed by atoms with Crippen LogP contribution in [0.25, 0.3) is 22.6 Å². The zero-order valence-corrected chi connectivity index (χ0v) is 11.6. The third-order valence-corrected chi connectivity index (χ3v) is 3.44. The Balaban J connectivity index is 2.41. The average molecular weight is 329 g/mol. The van der Waals surface area contributed by atoms with Crippen molar-refractivity contribution in [3.05, 3.63) is 22.0 Å². The molecule has 0 fully saturated rings. The van der Waals surface area contributed by atoms with Gasteiger partial charge in [0.25, 0.3) is 0 Å². The lowest BCUT2D eigenvalue weighted by Crippen LogP contribution is -1.98. The smallest absolute Gasteiger partial charge is 0.170 e. The van der Waals surface area contributed by atoms with Gasteiger partial charge in [-0.3, -0.25) is 0 Å². The summed E-state index contributed by atoms with van der Waals surface area (Å²) in [5, 5.41) is 7.75. The summed E-state index contributed by atoms with van der Waals surface area (Å²) in [6.07, 6.45) is 3.17. The minimum absolute atomic E-state index is 0.359. The van der Waals surface area contributed by atoms with Gasteiger partial charge in [-0.2, -0.15) is 0 Å². The van der Waals surface area contributed by atoms with Crippen LogP contribution in [0.2, 0.25) is 5.15 Å². The second kappa shape index (κ2) is 4.33. The predicted octanol–water partition coefficient (Wildman–Crippen LogP) is 2.92. The highest BCUT2D eigenvalue weighted by Crippen LogP contribution is 2.31. The lowest BCUT2D eigenvalue weighted by atomic mass is 10.4. The molecule has 0 unspecified atom stereocenters. The van der Waals surface area contributed by atoms with Crippen LogP contribution in [0.1, 0.15) is 6.92 Å². The monoisotopic (exact) mass is 327 g/mol. The summed E-state index contributed by atoms with van der Waals surface area (Å²) in [5.74, 6) is 0.657. The average Bonchev–Trinajstić information content (AvgIpc) is 2.99. The molecular formula is C10H7BrClN5O. The maximum atomic E-state index is 6.07. The molecule has 3 rings (SSSR count). The van der Waals surface area contributed by atoms with E-state index in [0.29, 0.717) is 22.2 Å². The van der Waals surface area contributed by atoms with E-state index in [9.17, 15) is 0 Å². The topological polar surface area (TPSA) is 69.6 Å². The van der Waals surface area contributed by atoms with Crippen molar-refractivity contribution in [2.75, 3.05) is 0 Å². The van der Waals surface area contributed by atoms with Crippen LogP contribution in [0.3, 0.4) is 0 Å². The molecule has 3 aromatic rings. The minimum atomic E-state index is 0.359. The van der Waals surface area contributed by atoms with E-state index < -0.39 is 0 Å². The molecule has 0 saturated heterocycles. The van der Waals surface area contributed by atoms with E-state index in [0.717, 1.165) is 16.5 Å². The van der Waals surface area contributed by atoms with E-state index in [2.05, 4.69) is 40.8 Å². The number of rotatable bonds is 2. The van der Waals surface area contributed by atoms with Crippen LogP contribution < -0.4 is 0 Å². The van der Waals surface area contributed by atoms with Crippen LogP contribution in [0.5, 0.6) is 0 Å². The predicted molar refractivity (Wildman–Crippen MR) is 69.2 cm³/mol. The Kier molecular flexibility index (Phi) is 2.79. The third-order valence-electron chi connectivity index (χ3n) is 2.59. The number of pyridine rings is 1. The molecule has 0 N–H and O–H groups in total. The van der Waals surface area contributed by atoms with Crippen molar-refractivity contribution in [1.82, 2.24) is 24.8 Å². The summed E-state index contributed by atoms with van der Waals surface area (Å²) < 4.78 is 7.42. The van der Waals surface area contributed by atoms with E-state index in [1.807, 2.05) is 11.5 Å². The van der Waals surface area contributed by atoms with Crippen molar-refractivity contribution in [1.29, 1.82) is 0 Å². The third kappa shape index (κ3) is 1.62. The zero-order valence-electron chi connectivity index (χ0n) is 9.26. The van der Waals surface area contributed by atoms with Gasteiger partial charge < -0.3 is 4.57 Å². The Morgan fingerprint density at radius 2 is 2.28 bits per heavy atom. The molecule has 3 aromatic heterocycles. The largest absolute Gasteiger partial charge is 0.322 e. The van der Waals surface area contributed by atoms with E-state index >= 15 is 0 Å². The number of hydrogen-bond acceptors (Lipinski definition) is 5. The van der Waals surface area contributed by atoms with E-state index in [1.165, 1.54) is 6.20 Å². The zero-order chi connectivity index (χ0) is 12.7. The maximum Gasteiger partial charge on any atom is 0.170 e. The first-order valence-corrected chi connectivity index (χ1v) is 6.37. The molecule has 0 aliphatic carbocycles. The Morgan fingerprint density at radius 3 is 2.94 bits per heavy atom. The van der Waals surface area contributed by atoms with Crippen molar-refractivity contribution < 1.29 is 4.63 Å². The van der Waals surface area contributed by atoms with Gasteiger partial charge in [0, 0.05) is 12.7 Å². The van der Waals surface area contributed by atoms with Gasteiger partial charge in [0.2, 0.25) is 0 Å². The fourth-order valence-corrected chi connectivity index (χ4v) is 2.53. The van der Waals surface area contributed by atoms with Gasteiger partial charge in [-0.15, -0.1) is 0 Å². The molecule has 8 heteroatoms. The Labute approximate surface area is 115 Å². The highest BCUT2D eigenvalue weighted by molar-refractivity contribution is 9.10. The summed E-state index contributed by atoms with van der Waals surface area (Å²) in [5.41, 5.74) is 2.08. The fraction of sp³-hybridized carbons (Fsp3) is 0.200. The van der Waals surface area contributed by atoms with Gasteiger partial charge >= 0.3 is 0 Å². The quantitative estimate of drug-likeness (QED) is 0.677. The van der Waals surface area contributed by atoms with Crippen LogP contribution in [0.15, 0.2) is 21.5 Å². The summed E-state index contributed by atoms with van der Waals surface area (Å²) in [6.45, 7) is 2.73. The van der Waals surface area contributed by atoms with E-state index in [-0.39, 0.29) is 0 Å². The highest BCUT2D eigenvalue weighted by atomic mass is 79.9. The van der Waals surface area contributed by atoms with E-state index in [1.54, 1.807) is 6.20 Å². The molecule has 3 heterocycles. The molecule has 6 nitrogen and oxygen atoms in total. The Hall–Kier alpha value is -1.47. The van der Waals surface area contributed by atoms with Crippen LogP contribution in [0, 0.1) is 0 Å². The second-order valence-electron chi connectivity index (χ2n) is 3.57.